The predicted octanol–water partition coefficient (Wildman–Crippen LogP) is 2.67. The number of aryl methyl sites for hydroxylation is 1. The topological polar surface area (TPSA) is 0 Å². The molecule has 0 spiro atoms. The van der Waals surface area contributed by atoms with Crippen molar-refractivity contribution < 1.29 is 32.7 Å². The molecule has 1 aromatic carbocycles. The maximum Gasteiger partial charge on any atom is 0 e. The van der Waals surface area contributed by atoms with E-state index in [1.165, 1.54) is 18.4 Å². The molecule has 0 aromatic heterocycles. The van der Waals surface area contributed by atoms with Crippen molar-refractivity contribution in [3.8, 4) is 0 Å². The van der Waals surface area contributed by atoms with Gasteiger partial charge in [0.15, 0.2) is 0 Å². The molecule has 0 N–H and O–H groups in total. The third-order valence-electron chi connectivity index (χ3n) is 2.13. The molecule has 1 aromatic rings. The first-order chi connectivity index (χ1) is 4.88. The molecule has 1 saturated carbocycles. The molecule has 1 aliphatic carbocycles. The monoisotopic (exact) mass is 220 g/mol. The molecule has 55 valence electrons. The zero-order chi connectivity index (χ0) is 6.97. The number of hydrogen-bond acceptors (Lipinski definition) is 0. The summed E-state index contributed by atoms with van der Waals surface area (Å²) >= 11 is 0. The normalized spacial score (nSPS) is 15.7. The van der Waals surface area contributed by atoms with Gasteiger partial charge in [-0.25, -0.2) is 0 Å². The van der Waals surface area contributed by atoms with Gasteiger partial charge in [0.25, 0.3) is 0 Å². The standard InChI is InChI=1S/C10H11.Y/c1-8-4-2-3-5-10(8)9-6-7-9;/h3-5,9H,6-7H2,1H3;/q-1;. The van der Waals surface area contributed by atoms with Gasteiger partial charge in [-0.1, -0.05) is 6.92 Å². The predicted molar refractivity (Wildman–Crippen MR) is 42.0 cm³/mol. The minimum Gasteiger partial charge on any atom is -0.184 e. The van der Waals surface area contributed by atoms with Gasteiger partial charge in [-0.15, -0.1) is 0 Å². The number of rotatable bonds is 1. The SMILES string of the molecule is Cc1c[c-]ccc1C1CC1.[Y]. The Kier molecular flexibility index (Phi) is 3.27. The summed E-state index contributed by atoms with van der Waals surface area (Å²) in [6.45, 7) is 2.17. The first-order valence-corrected chi connectivity index (χ1v) is 3.84. The van der Waals surface area contributed by atoms with Crippen molar-refractivity contribution >= 4 is 0 Å². The molecule has 0 unspecified atom stereocenters. The molecule has 1 aliphatic rings. The summed E-state index contributed by atoms with van der Waals surface area (Å²) in [6.07, 6.45) is 2.79. The number of benzene rings is 1. The zero-order valence-corrected chi connectivity index (χ0v) is 9.64. The fourth-order valence-electron chi connectivity index (χ4n) is 1.38. The van der Waals surface area contributed by atoms with Crippen molar-refractivity contribution in [2.75, 3.05) is 0 Å². The Balaban J connectivity index is 0.000000605. The summed E-state index contributed by atoms with van der Waals surface area (Å²) < 4.78 is 0. The van der Waals surface area contributed by atoms with E-state index in [0.717, 1.165) is 5.92 Å². The van der Waals surface area contributed by atoms with Gasteiger partial charge in [-0.3, -0.25) is 0 Å². The zero-order valence-electron chi connectivity index (χ0n) is 6.80. The van der Waals surface area contributed by atoms with Gasteiger partial charge in [0.1, 0.15) is 0 Å². The Morgan fingerprint density at radius 1 is 1.45 bits per heavy atom. The molecule has 0 aliphatic heterocycles. The molecular weight excluding hydrogens is 209 g/mol. The van der Waals surface area contributed by atoms with Crippen LogP contribution in [-0.2, 0) is 32.7 Å². The van der Waals surface area contributed by atoms with Crippen LogP contribution in [-0.4, -0.2) is 0 Å². The Labute approximate surface area is 93.3 Å². The van der Waals surface area contributed by atoms with Crippen LogP contribution in [0.5, 0.6) is 0 Å². The second kappa shape index (κ2) is 3.82. The van der Waals surface area contributed by atoms with Crippen LogP contribution in [0, 0.1) is 13.0 Å². The van der Waals surface area contributed by atoms with Gasteiger partial charge in [-0.05, 0) is 18.8 Å². The Bertz CT molecular complexity index is 238. The van der Waals surface area contributed by atoms with Crippen LogP contribution in [0.2, 0.25) is 0 Å². The minimum atomic E-state index is 0. The van der Waals surface area contributed by atoms with Gasteiger partial charge < -0.3 is 0 Å². The van der Waals surface area contributed by atoms with Crippen molar-refractivity contribution in [1.29, 1.82) is 0 Å². The molecule has 0 saturated heterocycles. The second-order valence-electron chi connectivity index (χ2n) is 3.06. The van der Waals surface area contributed by atoms with Crippen LogP contribution in [0.15, 0.2) is 18.2 Å². The molecule has 1 heteroatoms. The third kappa shape index (κ3) is 2.13. The smallest absolute Gasteiger partial charge is 0 e. The largest absolute Gasteiger partial charge is 0.184 e. The van der Waals surface area contributed by atoms with Crippen LogP contribution in [0.25, 0.3) is 0 Å². The Hall–Kier alpha value is 0.324. The summed E-state index contributed by atoms with van der Waals surface area (Å²) in [5, 5.41) is 0. The average molecular weight is 220 g/mol. The minimum absolute atomic E-state index is 0. The van der Waals surface area contributed by atoms with Gasteiger partial charge in [0.2, 0.25) is 0 Å². The third-order valence-corrected chi connectivity index (χ3v) is 2.13. The summed E-state index contributed by atoms with van der Waals surface area (Å²) in [4.78, 5) is 0. The fourth-order valence-corrected chi connectivity index (χ4v) is 1.38. The van der Waals surface area contributed by atoms with Gasteiger partial charge in [0.05, 0.1) is 0 Å². The Morgan fingerprint density at radius 2 is 2.18 bits per heavy atom. The quantitative estimate of drug-likeness (QED) is 0.638. The summed E-state index contributed by atoms with van der Waals surface area (Å²) in [7, 11) is 0. The molecule has 0 atom stereocenters. The Morgan fingerprint density at radius 3 is 2.73 bits per heavy atom. The van der Waals surface area contributed by atoms with E-state index in [0.29, 0.717) is 0 Å². The maximum absolute atomic E-state index is 3.08. The van der Waals surface area contributed by atoms with Gasteiger partial charge in [0, 0.05) is 32.7 Å². The van der Waals surface area contributed by atoms with E-state index in [4.69, 9.17) is 0 Å². The van der Waals surface area contributed by atoms with Crippen LogP contribution in [0.3, 0.4) is 0 Å². The molecule has 2 rings (SSSR count). The van der Waals surface area contributed by atoms with Gasteiger partial charge in [-0.2, -0.15) is 35.4 Å². The van der Waals surface area contributed by atoms with Crippen molar-refractivity contribution in [2.45, 2.75) is 25.7 Å². The molecule has 11 heavy (non-hydrogen) atoms. The van der Waals surface area contributed by atoms with E-state index in [1.54, 1.807) is 5.56 Å². The summed E-state index contributed by atoms with van der Waals surface area (Å²) in [6, 6.07) is 9.38. The molecule has 0 bridgehead atoms. The number of hydrogen-bond donors (Lipinski definition) is 0. The first-order valence-electron chi connectivity index (χ1n) is 3.84. The first kappa shape index (κ1) is 9.41. The molecule has 1 fully saturated rings. The average Bonchev–Trinajstić information content (AvgIpc) is 2.71. The van der Waals surface area contributed by atoms with Crippen molar-refractivity contribution in [3.05, 3.63) is 35.4 Å². The molecule has 0 heterocycles. The van der Waals surface area contributed by atoms with Crippen LogP contribution in [0.1, 0.15) is 29.9 Å². The van der Waals surface area contributed by atoms with E-state index in [-0.39, 0.29) is 32.7 Å². The maximum atomic E-state index is 3.08. The van der Waals surface area contributed by atoms with E-state index in [9.17, 15) is 0 Å². The van der Waals surface area contributed by atoms with E-state index >= 15 is 0 Å². The molecule has 0 amide bonds. The van der Waals surface area contributed by atoms with Crippen LogP contribution in [0.4, 0.5) is 0 Å². The van der Waals surface area contributed by atoms with Crippen LogP contribution >= 0.6 is 0 Å². The van der Waals surface area contributed by atoms with E-state index in [1.807, 2.05) is 6.07 Å². The van der Waals surface area contributed by atoms with Crippen LogP contribution < -0.4 is 0 Å². The molecular formula is C10H11Y-. The second-order valence-corrected chi connectivity index (χ2v) is 3.06. The van der Waals surface area contributed by atoms with E-state index < -0.39 is 0 Å². The van der Waals surface area contributed by atoms with Crippen molar-refractivity contribution in [3.63, 3.8) is 0 Å². The fraction of sp³-hybridized carbons (Fsp3) is 0.400. The molecule has 0 nitrogen and oxygen atoms in total. The van der Waals surface area contributed by atoms with E-state index in [2.05, 4.69) is 25.1 Å². The van der Waals surface area contributed by atoms with Crippen molar-refractivity contribution in [2.24, 2.45) is 0 Å². The molecule has 1 radical (unpaired) electrons. The van der Waals surface area contributed by atoms with Gasteiger partial charge >= 0.3 is 0 Å². The summed E-state index contributed by atoms with van der Waals surface area (Å²) in [5.41, 5.74) is 2.95. The summed E-state index contributed by atoms with van der Waals surface area (Å²) in [5.74, 6) is 0.884. The van der Waals surface area contributed by atoms with Crippen molar-refractivity contribution in [1.82, 2.24) is 0 Å².